The minimum absolute atomic E-state index is 0.0444. The van der Waals surface area contributed by atoms with Crippen molar-refractivity contribution in [2.75, 3.05) is 39.3 Å². The summed E-state index contributed by atoms with van der Waals surface area (Å²) < 4.78 is 19.5. The Morgan fingerprint density at radius 1 is 1.15 bits per heavy atom. The SMILES string of the molecule is C[C@@H]1CN(C[C@@H]2CN(C(=O)CCc3ccccc3F)C[C@@H]2CO)C[C@H](C)O1. The topological polar surface area (TPSA) is 53.0 Å². The van der Waals surface area contributed by atoms with E-state index in [1.54, 1.807) is 18.2 Å². The molecule has 0 aromatic heterocycles. The summed E-state index contributed by atoms with van der Waals surface area (Å²) in [5.41, 5.74) is 0.580. The molecule has 5 nitrogen and oxygen atoms in total. The molecular weight excluding hydrogens is 347 g/mol. The van der Waals surface area contributed by atoms with Gasteiger partial charge in [0.25, 0.3) is 0 Å². The van der Waals surface area contributed by atoms with Gasteiger partial charge in [0.15, 0.2) is 0 Å². The summed E-state index contributed by atoms with van der Waals surface area (Å²) in [5.74, 6) is 0.164. The van der Waals surface area contributed by atoms with E-state index in [9.17, 15) is 14.3 Å². The van der Waals surface area contributed by atoms with Crippen molar-refractivity contribution in [2.45, 2.75) is 38.9 Å². The van der Waals surface area contributed by atoms with Crippen LogP contribution in [0.4, 0.5) is 4.39 Å². The molecule has 0 saturated carbocycles. The average molecular weight is 378 g/mol. The number of aryl methyl sites for hydroxylation is 1. The van der Waals surface area contributed by atoms with Crippen LogP contribution in [0.1, 0.15) is 25.8 Å². The van der Waals surface area contributed by atoms with Gasteiger partial charge >= 0.3 is 0 Å². The monoisotopic (exact) mass is 378 g/mol. The Morgan fingerprint density at radius 3 is 2.48 bits per heavy atom. The van der Waals surface area contributed by atoms with Gasteiger partial charge in [0.05, 0.1) is 12.2 Å². The number of halogens is 1. The molecule has 27 heavy (non-hydrogen) atoms. The third kappa shape index (κ3) is 5.27. The van der Waals surface area contributed by atoms with Crippen molar-refractivity contribution in [1.29, 1.82) is 0 Å². The van der Waals surface area contributed by atoms with E-state index in [0.717, 1.165) is 19.6 Å². The predicted molar refractivity (Wildman–Crippen MR) is 102 cm³/mol. The Morgan fingerprint density at radius 2 is 1.81 bits per heavy atom. The van der Waals surface area contributed by atoms with Gasteiger partial charge in [-0.1, -0.05) is 18.2 Å². The van der Waals surface area contributed by atoms with Crippen LogP contribution in [0.3, 0.4) is 0 Å². The van der Waals surface area contributed by atoms with E-state index < -0.39 is 0 Å². The molecule has 0 bridgehead atoms. The third-order valence-electron chi connectivity index (χ3n) is 5.72. The molecule has 0 radical (unpaired) electrons. The molecule has 0 unspecified atom stereocenters. The predicted octanol–water partition coefficient (Wildman–Crippen LogP) is 1.93. The molecule has 1 aromatic carbocycles. The van der Waals surface area contributed by atoms with Crippen molar-refractivity contribution in [3.8, 4) is 0 Å². The average Bonchev–Trinajstić information content (AvgIpc) is 3.03. The van der Waals surface area contributed by atoms with Crippen molar-refractivity contribution in [3.05, 3.63) is 35.6 Å². The summed E-state index contributed by atoms with van der Waals surface area (Å²) in [4.78, 5) is 16.9. The first kappa shape index (κ1) is 20.2. The van der Waals surface area contributed by atoms with Gasteiger partial charge in [0.1, 0.15) is 5.82 Å². The van der Waals surface area contributed by atoms with Crippen molar-refractivity contribution < 1.29 is 19.0 Å². The van der Waals surface area contributed by atoms with Gasteiger partial charge in [0.2, 0.25) is 5.91 Å². The summed E-state index contributed by atoms with van der Waals surface area (Å²) in [5, 5.41) is 9.78. The Bertz CT molecular complexity index is 632. The van der Waals surface area contributed by atoms with E-state index in [1.165, 1.54) is 6.07 Å². The molecule has 2 aliphatic rings. The number of amides is 1. The summed E-state index contributed by atoms with van der Waals surface area (Å²) in [7, 11) is 0. The Hall–Kier alpha value is -1.50. The molecule has 1 N–H and O–H groups in total. The second kappa shape index (κ2) is 9.13. The van der Waals surface area contributed by atoms with Crippen molar-refractivity contribution in [1.82, 2.24) is 9.80 Å². The maximum atomic E-state index is 13.7. The quantitative estimate of drug-likeness (QED) is 0.822. The highest BCUT2D eigenvalue weighted by Crippen LogP contribution is 2.26. The van der Waals surface area contributed by atoms with Crippen LogP contribution in [0.25, 0.3) is 0 Å². The largest absolute Gasteiger partial charge is 0.396 e. The molecule has 2 fully saturated rings. The van der Waals surface area contributed by atoms with E-state index in [0.29, 0.717) is 31.5 Å². The number of morpholine rings is 1. The Labute approximate surface area is 161 Å². The number of aliphatic hydroxyl groups is 1. The van der Waals surface area contributed by atoms with Crippen molar-refractivity contribution in [2.24, 2.45) is 11.8 Å². The van der Waals surface area contributed by atoms with Crippen LogP contribution < -0.4 is 0 Å². The van der Waals surface area contributed by atoms with Crippen molar-refractivity contribution in [3.63, 3.8) is 0 Å². The number of carbonyl (C=O) groups is 1. The fraction of sp³-hybridized carbons (Fsp3) is 0.667. The highest BCUT2D eigenvalue weighted by Gasteiger charge is 2.36. The van der Waals surface area contributed by atoms with Gasteiger partial charge < -0.3 is 14.7 Å². The van der Waals surface area contributed by atoms with E-state index in [4.69, 9.17) is 4.74 Å². The van der Waals surface area contributed by atoms with Crippen LogP contribution in [0.15, 0.2) is 24.3 Å². The van der Waals surface area contributed by atoms with Crippen LogP contribution in [0.5, 0.6) is 0 Å². The molecule has 2 saturated heterocycles. The molecule has 1 amide bonds. The number of hydrogen-bond donors (Lipinski definition) is 1. The lowest BCUT2D eigenvalue weighted by Crippen LogP contribution is -2.48. The molecule has 2 heterocycles. The molecule has 6 heteroatoms. The third-order valence-corrected chi connectivity index (χ3v) is 5.72. The molecular formula is C21H31FN2O3. The number of benzene rings is 1. The van der Waals surface area contributed by atoms with Crippen molar-refractivity contribution >= 4 is 5.91 Å². The molecule has 0 spiro atoms. The molecule has 0 aliphatic carbocycles. The number of hydrogen-bond acceptors (Lipinski definition) is 4. The Kier molecular flexibility index (Phi) is 6.84. The summed E-state index contributed by atoms with van der Waals surface area (Å²) in [6, 6.07) is 6.61. The number of carbonyl (C=O) groups excluding carboxylic acids is 1. The standard InChI is InChI=1S/C21H31FN2O3/c1-15-9-23(10-16(2)27-15)11-18-12-24(13-19(18)14-25)21(26)8-7-17-5-3-4-6-20(17)22/h3-6,15-16,18-19,25H,7-14H2,1-2H3/t15-,16+,18-,19-/m1/s1. The van der Waals surface area contributed by atoms with Crippen LogP contribution in [0, 0.1) is 17.7 Å². The van der Waals surface area contributed by atoms with E-state index >= 15 is 0 Å². The minimum Gasteiger partial charge on any atom is -0.396 e. The van der Waals surface area contributed by atoms with Gasteiger partial charge in [0, 0.05) is 51.7 Å². The minimum atomic E-state index is -0.256. The molecule has 2 aliphatic heterocycles. The highest BCUT2D eigenvalue weighted by molar-refractivity contribution is 5.76. The smallest absolute Gasteiger partial charge is 0.222 e. The van der Waals surface area contributed by atoms with Crippen LogP contribution in [-0.4, -0.2) is 72.4 Å². The molecule has 4 atom stereocenters. The Balaban J connectivity index is 1.53. The lowest BCUT2D eigenvalue weighted by molar-refractivity contribution is -0.130. The number of ether oxygens (including phenoxy) is 1. The normalized spacial score (nSPS) is 29.3. The highest BCUT2D eigenvalue weighted by atomic mass is 19.1. The fourth-order valence-corrected chi connectivity index (χ4v) is 4.42. The zero-order chi connectivity index (χ0) is 19.4. The van der Waals surface area contributed by atoms with Gasteiger partial charge in [-0.25, -0.2) is 4.39 Å². The zero-order valence-corrected chi connectivity index (χ0v) is 16.3. The van der Waals surface area contributed by atoms with Gasteiger partial charge in [-0.3, -0.25) is 9.69 Å². The first-order chi connectivity index (χ1) is 13.0. The van der Waals surface area contributed by atoms with Crippen LogP contribution in [-0.2, 0) is 16.0 Å². The number of likely N-dealkylation sites (tertiary alicyclic amines) is 1. The summed E-state index contributed by atoms with van der Waals surface area (Å²) >= 11 is 0. The maximum Gasteiger partial charge on any atom is 0.222 e. The van der Waals surface area contributed by atoms with Gasteiger partial charge in [-0.05, 0) is 37.8 Å². The van der Waals surface area contributed by atoms with E-state index in [1.807, 2.05) is 4.90 Å². The first-order valence-electron chi connectivity index (χ1n) is 9.96. The van der Waals surface area contributed by atoms with Crippen LogP contribution >= 0.6 is 0 Å². The lowest BCUT2D eigenvalue weighted by Gasteiger charge is -2.37. The van der Waals surface area contributed by atoms with Gasteiger partial charge in [-0.2, -0.15) is 0 Å². The molecule has 150 valence electrons. The van der Waals surface area contributed by atoms with Crippen LogP contribution in [0.2, 0.25) is 0 Å². The van der Waals surface area contributed by atoms with E-state index in [2.05, 4.69) is 18.7 Å². The second-order valence-electron chi connectivity index (χ2n) is 8.07. The van der Waals surface area contributed by atoms with Gasteiger partial charge in [-0.15, -0.1) is 0 Å². The number of aliphatic hydroxyl groups excluding tert-OH is 1. The fourth-order valence-electron chi connectivity index (χ4n) is 4.42. The number of nitrogens with zero attached hydrogens (tertiary/aromatic N) is 2. The zero-order valence-electron chi connectivity index (χ0n) is 16.3. The lowest BCUT2D eigenvalue weighted by atomic mass is 9.96. The maximum absolute atomic E-state index is 13.7. The van der Waals surface area contributed by atoms with E-state index in [-0.39, 0.29) is 42.4 Å². The summed E-state index contributed by atoms with van der Waals surface area (Å²) in [6.45, 7) is 8.17. The molecule has 1 aromatic rings. The first-order valence-corrected chi connectivity index (χ1v) is 9.96. The second-order valence-corrected chi connectivity index (χ2v) is 8.07. The number of rotatable bonds is 6. The molecule has 3 rings (SSSR count). The summed E-state index contributed by atoms with van der Waals surface area (Å²) in [6.07, 6.45) is 1.13.